The second-order valence-electron chi connectivity index (χ2n) is 34.0. The third-order valence-electron chi connectivity index (χ3n) is 20.2. The molecule has 125 heavy (non-hydrogen) atoms. The molecule has 8 aromatic carbocycles. The van der Waals surface area contributed by atoms with Gasteiger partial charge in [0.25, 0.3) is 40.1 Å². The van der Waals surface area contributed by atoms with E-state index in [2.05, 4.69) is 95.8 Å². The number of nitrogens with two attached hydrogens (primary N) is 1. The summed E-state index contributed by atoms with van der Waals surface area (Å²) in [6.45, 7) is 31.2. The molecule has 0 saturated heterocycles. The molecule has 16 rings (SSSR count). The Morgan fingerprint density at radius 3 is 1.21 bits per heavy atom. The molecule has 0 radical (unpaired) electrons. The van der Waals surface area contributed by atoms with E-state index in [4.69, 9.17) is 17.3 Å². The van der Waals surface area contributed by atoms with Gasteiger partial charge in [-0.25, -0.2) is 66.2 Å². The first-order valence-electron chi connectivity index (χ1n) is 39.5. The molecule has 0 saturated carbocycles. The number of aryl methyl sites for hydroxylation is 4. The Hall–Kier alpha value is -13.0. The monoisotopic (exact) mass is 1780 g/mol. The number of anilines is 5. The van der Waals surface area contributed by atoms with Crippen LogP contribution in [0.4, 0.5) is 37.9 Å². The van der Waals surface area contributed by atoms with Gasteiger partial charge >= 0.3 is 0 Å². The molecule has 0 aliphatic heterocycles. The second kappa shape index (κ2) is 34.6. The van der Waals surface area contributed by atoms with E-state index in [1.807, 2.05) is 121 Å². The van der Waals surface area contributed by atoms with Crippen molar-refractivity contribution >= 4 is 124 Å². The van der Waals surface area contributed by atoms with Crippen LogP contribution in [0.5, 0.6) is 0 Å². The first kappa shape index (κ1) is 89.7. The Kier molecular flexibility index (Phi) is 24.8. The number of sulfonamides is 4. The van der Waals surface area contributed by atoms with E-state index in [1.165, 1.54) is 50.7 Å². The largest absolute Gasteiger partial charge is 0.618 e. The Labute approximate surface area is 730 Å². The molecule has 646 valence electrons. The zero-order valence-electron chi connectivity index (χ0n) is 71.5. The van der Waals surface area contributed by atoms with Gasteiger partial charge in [-0.3, -0.25) is 28.9 Å². The number of benzene rings is 8. The Balaban J connectivity index is 0.000000143. The maximum atomic E-state index is 14.6. The van der Waals surface area contributed by atoms with Crippen LogP contribution in [0.2, 0.25) is 5.02 Å². The highest BCUT2D eigenvalue weighted by Crippen LogP contribution is 2.37. The molecule has 16 aromatic rings. The number of nitrogens with zero attached hydrogens (tertiary/aromatic N) is 12. The van der Waals surface area contributed by atoms with Crippen LogP contribution >= 0.6 is 11.6 Å². The molecular formula is C92H94ClF2N17O9S4. The van der Waals surface area contributed by atoms with Crippen molar-refractivity contribution in [1.29, 1.82) is 0 Å². The minimum atomic E-state index is -4.06. The van der Waals surface area contributed by atoms with Gasteiger partial charge in [0.15, 0.2) is 6.20 Å². The van der Waals surface area contributed by atoms with Gasteiger partial charge in [0.1, 0.15) is 46.2 Å². The van der Waals surface area contributed by atoms with Crippen LogP contribution in [0.1, 0.15) is 128 Å². The molecule has 26 nitrogen and oxygen atoms in total. The van der Waals surface area contributed by atoms with Gasteiger partial charge in [0.05, 0.1) is 81.5 Å². The van der Waals surface area contributed by atoms with Crippen LogP contribution < -0.4 is 29.4 Å². The maximum absolute atomic E-state index is 14.6. The first-order chi connectivity index (χ1) is 58.6. The van der Waals surface area contributed by atoms with Gasteiger partial charge in [0, 0.05) is 70.0 Å². The summed E-state index contributed by atoms with van der Waals surface area (Å²) < 4.78 is 151. The summed E-state index contributed by atoms with van der Waals surface area (Å²) in [6, 6.07) is 62.3. The fourth-order valence-corrected chi connectivity index (χ4v) is 18.6. The molecule has 0 aliphatic carbocycles. The van der Waals surface area contributed by atoms with E-state index in [0.29, 0.717) is 89.7 Å². The van der Waals surface area contributed by atoms with Crippen molar-refractivity contribution in [3.05, 3.63) is 310 Å². The van der Waals surface area contributed by atoms with Gasteiger partial charge in [-0.1, -0.05) is 149 Å². The third kappa shape index (κ3) is 20.0. The summed E-state index contributed by atoms with van der Waals surface area (Å²) in [4.78, 5) is 13.0. The fourth-order valence-electron chi connectivity index (χ4n) is 13.9. The second-order valence-corrected chi connectivity index (χ2v) is 41.2. The van der Waals surface area contributed by atoms with E-state index in [9.17, 15) is 47.7 Å². The topological polar surface area (TPSA) is 348 Å². The van der Waals surface area contributed by atoms with Crippen LogP contribution in [-0.2, 0) is 61.8 Å². The van der Waals surface area contributed by atoms with Crippen molar-refractivity contribution in [2.45, 2.75) is 152 Å². The molecule has 0 fully saturated rings. The van der Waals surface area contributed by atoms with Crippen molar-refractivity contribution < 1.29 is 47.2 Å². The van der Waals surface area contributed by atoms with Gasteiger partial charge in [-0.05, 0) is 205 Å². The van der Waals surface area contributed by atoms with Crippen LogP contribution in [-0.4, -0.2) is 87.7 Å². The summed E-state index contributed by atoms with van der Waals surface area (Å²) in [5.74, 6) is 0.484. The van der Waals surface area contributed by atoms with Crippen molar-refractivity contribution in [2.24, 2.45) is 0 Å². The summed E-state index contributed by atoms with van der Waals surface area (Å²) in [7, 11) is -15.6. The van der Waals surface area contributed by atoms with E-state index < -0.39 is 57.1 Å². The molecule has 0 amide bonds. The lowest BCUT2D eigenvalue weighted by Gasteiger charge is -2.21. The van der Waals surface area contributed by atoms with Crippen molar-refractivity contribution in [3.8, 4) is 22.7 Å². The molecule has 0 unspecified atom stereocenters. The standard InChI is InChI=1S/C23H23ClN4O2S.C23H24FN5O2S.C23H23FN4O2S.C23H24N4O3S/c1-15-13-22(28(26-15)21-9-5-8-20-17(21)7-6-12-25-20)27-31(29,30)16-10-11-18(19(24)14-16)23(2,3)4;1-14-12-22(28-32(30,31)15-8-10-17(18(24)13-15)23(2,3)4)29(27-14)20-7-5-6-19-16(20)9-11-21(25)26-19;1-15-14-21(27-31(29,30)17-9-7-16(8-10-17)23(2,3)4)28(26-15)20-12-11-19(24)22-18(20)6-5-13-25-22;1-16-15-22(25-31(29,30)18-12-10-17(11-13-18)23(2,3)4)27(24-16)21-9-5-8-20-19(21)7-6-14-26(20)28/h5-14,27H,1-4H3;5-13,28H,1-4H3,(H2,25,26);5-14,27H,1-4H3;5-15,25H,1-4H3. The van der Waals surface area contributed by atoms with Gasteiger partial charge < -0.3 is 10.9 Å². The number of hydrogen-bond donors (Lipinski definition) is 5. The fraction of sp³-hybridized carbons (Fsp3) is 0.217. The number of hydrogen-bond acceptors (Lipinski definition) is 17. The van der Waals surface area contributed by atoms with Crippen molar-refractivity contribution in [2.75, 3.05) is 24.6 Å². The smallest absolute Gasteiger partial charge is 0.263 e. The van der Waals surface area contributed by atoms with Gasteiger partial charge in [0.2, 0.25) is 5.52 Å². The third-order valence-corrected chi connectivity index (χ3v) is 26.0. The Bertz CT molecular complexity index is 7130. The lowest BCUT2D eigenvalue weighted by molar-refractivity contribution is -0.577. The van der Waals surface area contributed by atoms with Crippen molar-refractivity contribution in [1.82, 2.24) is 54.1 Å². The van der Waals surface area contributed by atoms with Gasteiger partial charge in [-0.15, -0.1) is 0 Å². The molecule has 0 atom stereocenters. The summed E-state index contributed by atoms with van der Waals surface area (Å²) in [6.07, 6.45) is 4.65. The number of aromatic nitrogens is 12. The number of halogens is 3. The summed E-state index contributed by atoms with van der Waals surface area (Å²) >= 11 is 6.40. The number of fused-ring (bicyclic) bond motifs is 4. The number of rotatable bonds is 16. The average Bonchev–Trinajstić information content (AvgIpc) is 1.69. The molecule has 6 N–H and O–H groups in total. The first-order valence-corrected chi connectivity index (χ1v) is 45.8. The molecule has 8 heterocycles. The minimum absolute atomic E-state index is 0.0712. The molecule has 33 heteroatoms. The van der Waals surface area contributed by atoms with Crippen LogP contribution in [0.3, 0.4) is 0 Å². The average molecular weight is 1780 g/mol. The lowest BCUT2D eigenvalue weighted by atomic mass is 9.87. The molecular weight excluding hydrogens is 1690 g/mol. The highest BCUT2D eigenvalue weighted by molar-refractivity contribution is 7.93. The summed E-state index contributed by atoms with van der Waals surface area (Å²) in [5.41, 5.74) is 15.6. The molecule has 0 spiro atoms. The van der Waals surface area contributed by atoms with E-state index in [1.54, 1.807) is 153 Å². The SMILES string of the molecule is Cc1cc(NS(=O)(=O)c2ccc(C(C)(C)C)c(Cl)c2)n(-c2cccc3ncccc23)n1.Cc1cc(NS(=O)(=O)c2ccc(C(C)(C)C)c(F)c2)n(-c2cccc3nc(N)ccc23)n1.Cc1cc(NS(=O)(=O)c2ccc(C(C)(C)C)cc2)n(-c2ccc(F)c3ncccc23)n1.Cc1cc(NS(=O)(=O)c2ccc(C(C)(C)C)cc2)n(-c2cccc3c2ccc[n+]3[O-])n1. The van der Waals surface area contributed by atoms with Crippen molar-refractivity contribution in [3.63, 3.8) is 0 Å². The lowest BCUT2D eigenvalue weighted by Crippen LogP contribution is -2.26. The highest BCUT2D eigenvalue weighted by atomic mass is 35.5. The maximum Gasteiger partial charge on any atom is 0.263 e. The normalized spacial score (nSPS) is 12.3. The van der Waals surface area contributed by atoms with E-state index in [0.717, 1.165) is 49.5 Å². The molecule has 0 bridgehead atoms. The highest BCUT2D eigenvalue weighted by Gasteiger charge is 2.29. The number of pyridine rings is 4. The Morgan fingerprint density at radius 1 is 0.376 bits per heavy atom. The minimum Gasteiger partial charge on any atom is -0.618 e. The quantitative estimate of drug-likeness (QED) is 0.0443. The predicted octanol–water partition coefficient (Wildman–Crippen LogP) is 19.1. The zero-order chi connectivity index (χ0) is 90.4. The number of nitrogens with one attached hydrogen (secondary N) is 4. The van der Waals surface area contributed by atoms with E-state index >= 15 is 0 Å². The predicted molar refractivity (Wildman–Crippen MR) is 489 cm³/mol. The molecule has 8 aromatic heterocycles. The van der Waals surface area contributed by atoms with E-state index in [-0.39, 0.29) is 53.0 Å². The number of nitrogen functional groups attached to an aromatic ring is 1. The van der Waals surface area contributed by atoms with Gasteiger partial charge in [-0.2, -0.15) is 25.1 Å². The molecule has 0 aliphatic rings. The van der Waals surface area contributed by atoms with Crippen LogP contribution in [0, 0.1) is 44.5 Å². The zero-order valence-corrected chi connectivity index (χ0v) is 75.5. The summed E-state index contributed by atoms with van der Waals surface area (Å²) in [5, 5.41) is 33.2. The van der Waals surface area contributed by atoms with Crippen LogP contribution in [0.25, 0.3) is 66.4 Å². The Morgan fingerprint density at radius 2 is 0.760 bits per heavy atom. The van der Waals surface area contributed by atoms with Crippen LogP contribution in [0.15, 0.2) is 263 Å².